The summed E-state index contributed by atoms with van der Waals surface area (Å²) in [4.78, 5) is 22.5. The molecule has 1 aromatic carbocycles. The van der Waals surface area contributed by atoms with Gasteiger partial charge in [-0.15, -0.1) is 0 Å². The second-order valence-corrected chi connectivity index (χ2v) is 8.52. The van der Waals surface area contributed by atoms with Crippen LogP contribution in [0.3, 0.4) is 0 Å². The average Bonchev–Trinajstić information content (AvgIpc) is 3.18. The number of halogens is 2. The zero-order valence-corrected chi connectivity index (χ0v) is 18.6. The Labute approximate surface area is 192 Å². The van der Waals surface area contributed by atoms with Gasteiger partial charge in [0, 0.05) is 31.0 Å². The molecule has 0 unspecified atom stereocenters. The van der Waals surface area contributed by atoms with Crippen molar-refractivity contribution in [3.63, 3.8) is 0 Å². The van der Waals surface area contributed by atoms with Crippen LogP contribution in [0.1, 0.15) is 5.69 Å². The van der Waals surface area contributed by atoms with Crippen molar-refractivity contribution in [1.82, 2.24) is 20.1 Å². The van der Waals surface area contributed by atoms with E-state index >= 15 is 0 Å². The maximum atomic E-state index is 13.4. The maximum Gasteiger partial charge on any atom is 0.328 e. The van der Waals surface area contributed by atoms with Gasteiger partial charge in [-0.3, -0.25) is 4.98 Å². The van der Waals surface area contributed by atoms with Gasteiger partial charge >= 0.3 is 11.9 Å². The fraction of sp³-hybridized carbons (Fsp3) is 0.100. The van der Waals surface area contributed by atoms with Gasteiger partial charge in [0.1, 0.15) is 5.82 Å². The van der Waals surface area contributed by atoms with Crippen LogP contribution in [0.4, 0.5) is 4.39 Å². The molecule has 0 radical (unpaired) electrons. The number of para-hydroxylation sites is 1. The van der Waals surface area contributed by atoms with E-state index in [0.29, 0.717) is 35.1 Å². The summed E-state index contributed by atoms with van der Waals surface area (Å²) in [6.07, 6.45) is 3.15. The molecule has 0 spiro atoms. The molecular weight excluding hydrogens is 479 g/mol. The van der Waals surface area contributed by atoms with Crippen LogP contribution in [0.5, 0.6) is 0 Å². The second kappa shape index (κ2) is 11.3. The van der Waals surface area contributed by atoms with Gasteiger partial charge in [0.2, 0.25) is 9.84 Å². The van der Waals surface area contributed by atoms with E-state index in [9.17, 15) is 22.4 Å². The Kier molecular flexibility index (Phi) is 8.79. The predicted molar refractivity (Wildman–Crippen MR) is 115 cm³/mol. The highest BCUT2D eigenvalue weighted by Gasteiger charge is 2.26. The van der Waals surface area contributed by atoms with Crippen LogP contribution in [0.25, 0.3) is 5.69 Å². The van der Waals surface area contributed by atoms with Crippen molar-refractivity contribution in [2.24, 2.45) is 0 Å². The molecule has 0 bridgehead atoms. The number of rotatable bonds is 7. The van der Waals surface area contributed by atoms with Gasteiger partial charge in [-0.1, -0.05) is 23.7 Å². The highest BCUT2D eigenvalue weighted by molar-refractivity contribution is 7.91. The van der Waals surface area contributed by atoms with E-state index in [2.05, 4.69) is 15.4 Å². The lowest BCUT2D eigenvalue weighted by Crippen LogP contribution is -2.11. The fourth-order valence-electron chi connectivity index (χ4n) is 2.47. The number of hydrogen-bond donors (Lipinski definition) is 3. The number of nitrogens with zero attached hydrogens (tertiary/aromatic N) is 3. The Balaban J connectivity index is 0.000000414. The van der Waals surface area contributed by atoms with Gasteiger partial charge in [-0.2, -0.15) is 5.10 Å². The Hall–Kier alpha value is -3.61. The van der Waals surface area contributed by atoms with Crippen molar-refractivity contribution < 1.29 is 32.6 Å². The van der Waals surface area contributed by atoms with E-state index in [1.54, 1.807) is 31.3 Å². The quantitative estimate of drug-likeness (QED) is 0.418. The lowest BCUT2D eigenvalue weighted by Gasteiger charge is -2.09. The smallest absolute Gasteiger partial charge is 0.328 e. The summed E-state index contributed by atoms with van der Waals surface area (Å²) in [5, 5.41) is 23.1. The van der Waals surface area contributed by atoms with Crippen LogP contribution >= 0.6 is 11.6 Å². The molecular formula is C20H18ClFN4O6S. The van der Waals surface area contributed by atoms with Gasteiger partial charge in [0.25, 0.3) is 0 Å². The standard InChI is InChI=1S/C16H14ClFN4O2S.C4H4O4/c1-19-9-12-7-16(22(21-12)15-5-3-2-4-14(15)17)25(23,24)13-6-11(18)8-20-10-13;5-3(6)1-2-4(7)8/h2-8,10,19H,9H2,1H3;1-2H,(H,5,6)(H,7,8)/b;2-1+. The molecule has 33 heavy (non-hydrogen) atoms. The first-order valence-electron chi connectivity index (χ1n) is 9.04. The third-order valence-corrected chi connectivity index (χ3v) is 5.80. The van der Waals surface area contributed by atoms with Gasteiger partial charge in [0.05, 0.1) is 27.5 Å². The molecule has 13 heteroatoms. The van der Waals surface area contributed by atoms with Crippen molar-refractivity contribution in [1.29, 1.82) is 0 Å². The van der Waals surface area contributed by atoms with Crippen molar-refractivity contribution in [2.45, 2.75) is 16.5 Å². The normalized spacial score (nSPS) is 11.1. The topological polar surface area (TPSA) is 151 Å². The molecule has 3 aromatic rings. The third-order valence-electron chi connectivity index (χ3n) is 3.80. The molecule has 0 saturated heterocycles. The van der Waals surface area contributed by atoms with Crippen LogP contribution in [0.2, 0.25) is 5.02 Å². The van der Waals surface area contributed by atoms with Crippen LogP contribution in [-0.2, 0) is 26.0 Å². The highest BCUT2D eigenvalue weighted by atomic mass is 35.5. The number of carbonyl (C=O) groups is 2. The molecule has 2 aromatic heterocycles. The van der Waals surface area contributed by atoms with Gasteiger partial charge in [-0.25, -0.2) is 27.1 Å². The first-order chi connectivity index (χ1) is 15.6. The number of aromatic nitrogens is 3. The van der Waals surface area contributed by atoms with Crippen LogP contribution in [0, 0.1) is 5.82 Å². The van der Waals surface area contributed by atoms with Crippen LogP contribution in [-0.4, -0.2) is 52.4 Å². The number of carboxylic acid groups (broad SMARTS) is 2. The van der Waals surface area contributed by atoms with Gasteiger partial charge in [0.15, 0.2) is 5.03 Å². The van der Waals surface area contributed by atoms with E-state index in [4.69, 9.17) is 21.8 Å². The number of benzene rings is 1. The molecule has 2 heterocycles. The first kappa shape index (κ1) is 25.6. The molecule has 0 atom stereocenters. The van der Waals surface area contributed by atoms with Crippen LogP contribution in [0.15, 0.2) is 70.9 Å². The summed E-state index contributed by atoms with van der Waals surface area (Å²) >= 11 is 6.19. The molecule has 0 saturated carbocycles. The minimum Gasteiger partial charge on any atom is -0.478 e. The number of pyridine rings is 1. The van der Waals surface area contributed by atoms with E-state index in [1.807, 2.05) is 0 Å². The Morgan fingerprint density at radius 3 is 2.33 bits per heavy atom. The molecule has 0 aliphatic heterocycles. The van der Waals surface area contributed by atoms with Crippen molar-refractivity contribution in [3.8, 4) is 5.69 Å². The van der Waals surface area contributed by atoms with Gasteiger partial charge in [-0.05, 0) is 25.2 Å². The third kappa shape index (κ3) is 6.94. The first-order valence-corrected chi connectivity index (χ1v) is 10.9. The fourth-order valence-corrected chi connectivity index (χ4v) is 4.05. The number of aliphatic carboxylic acids is 2. The van der Waals surface area contributed by atoms with Crippen molar-refractivity contribution in [2.75, 3.05) is 7.05 Å². The molecule has 3 rings (SSSR count). The second-order valence-electron chi connectivity index (χ2n) is 6.22. The maximum absolute atomic E-state index is 13.4. The molecule has 0 aliphatic rings. The monoisotopic (exact) mass is 496 g/mol. The van der Waals surface area contributed by atoms with Gasteiger partial charge < -0.3 is 15.5 Å². The largest absolute Gasteiger partial charge is 0.478 e. The number of hydrogen-bond acceptors (Lipinski definition) is 7. The average molecular weight is 497 g/mol. The zero-order chi connectivity index (χ0) is 24.6. The molecule has 0 amide bonds. The molecule has 0 fully saturated rings. The predicted octanol–water partition coefficient (Wildman–Crippen LogP) is 2.32. The number of nitrogens with one attached hydrogen (secondary N) is 1. The van der Waals surface area contributed by atoms with Crippen molar-refractivity contribution >= 4 is 33.4 Å². The summed E-state index contributed by atoms with van der Waals surface area (Å²) < 4.78 is 40.6. The minimum atomic E-state index is -4.04. The lowest BCUT2D eigenvalue weighted by molar-refractivity contribution is -0.134. The molecule has 0 aliphatic carbocycles. The lowest BCUT2D eigenvalue weighted by atomic mass is 10.3. The summed E-state index contributed by atoms with van der Waals surface area (Å²) in [6.45, 7) is 0.362. The van der Waals surface area contributed by atoms with Crippen LogP contribution < -0.4 is 5.32 Å². The summed E-state index contributed by atoms with van der Waals surface area (Å²) in [5.74, 6) is -3.25. The summed E-state index contributed by atoms with van der Waals surface area (Å²) in [6, 6.07) is 9.09. The highest BCUT2D eigenvalue weighted by Crippen LogP contribution is 2.27. The Morgan fingerprint density at radius 1 is 1.15 bits per heavy atom. The van der Waals surface area contributed by atoms with E-state index in [0.717, 1.165) is 18.5 Å². The van der Waals surface area contributed by atoms with E-state index in [1.165, 1.54) is 10.7 Å². The number of carboxylic acids is 2. The molecule has 3 N–H and O–H groups in total. The molecule has 10 nitrogen and oxygen atoms in total. The van der Waals surface area contributed by atoms with Crippen molar-refractivity contribution in [3.05, 3.63) is 77.5 Å². The van der Waals surface area contributed by atoms with E-state index < -0.39 is 27.6 Å². The number of sulfone groups is 1. The minimum absolute atomic E-state index is 0.113. The molecule has 174 valence electrons. The summed E-state index contributed by atoms with van der Waals surface area (Å²) in [5.41, 5.74) is 0.916. The van der Waals surface area contributed by atoms with E-state index in [-0.39, 0.29) is 9.92 Å². The Morgan fingerprint density at radius 2 is 1.79 bits per heavy atom. The Bertz CT molecular complexity index is 1280. The summed E-state index contributed by atoms with van der Waals surface area (Å²) in [7, 11) is -2.32. The SMILES string of the molecule is CNCc1cc(S(=O)(=O)c2cncc(F)c2)n(-c2ccccc2Cl)n1.O=C(O)/C=C/C(=O)O. The zero-order valence-electron chi connectivity index (χ0n) is 17.0.